The van der Waals surface area contributed by atoms with Gasteiger partial charge in [0.1, 0.15) is 5.75 Å². The third-order valence-electron chi connectivity index (χ3n) is 4.56. The summed E-state index contributed by atoms with van der Waals surface area (Å²) in [5, 5.41) is 12.5. The van der Waals surface area contributed by atoms with Crippen molar-refractivity contribution in [3.63, 3.8) is 0 Å². The number of carbonyl (C=O) groups excluding carboxylic acids is 1. The van der Waals surface area contributed by atoms with Gasteiger partial charge in [-0.15, -0.1) is 0 Å². The molecule has 0 bridgehead atoms. The topological polar surface area (TPSA) is 126 Å². The largest absolute Gasteiger partial charge is 0.494 e. The summed E-state index contributed by atoms with van der Waals surface area (Å²) in [5.74, 6) is 0.458. The predicted octanol–water partition coefficient (Wildman–Crippen LogP) is 3.32. The number of nitrogens with zero attached hydrogens (tertiary/aromatic N) is 4. The van der Waals surface area contributed by atoms with Gasteiger partial charge in [0.15, 0.2) is 12.1 Å². The van der Waals surface area contributed by atoms with Crippen molar-refractivity contribution in [1.29, 1.82) is 0 Å². The zero-order valence-corrected chi connectivity index (χ0v) is 16.5. The van der Waals surface area contributed by atoms with Gasteiger partial charge in [-0.05, 0) is 40.9 Å². The van der Waals surface area contributed by atoms with Gasteiger partial charge >= 0.3 is 5.97 Å². The van der Waals surface area contributed by atoms with Gasteiger partial charge in [0, 0.05) is 23.5 Å². The Morgan fingerprint density at radius 3 is 2.73 bits per heavy atom. The normalized spacial score (nSPS) is 17.5. The lowest BCUT2D eigenvalue weighted by Crippen LogP contribution is -2.26. The molecule has 156 valence electrons. The monoisotopic (exact) mass is 410 g/mol. The van der Waals surface area contributed by atoms with Crippen LogP contribution in [0.25, 0.3) is 10.4 Å². The molecule has 0 radical (unpaired) electrons. The second-order valence-electron chi connectivity index (χ2n) is 6.48. The molecule has 3 rings (SSSR count). The standard InChI is InChI=1S/C21H22N4O5/c1-28-21(27)18-19(17-6-3-2-5-15(17)13-23-25-22)30-20(24-18)14-7-9-16(10-8-14)29-12-4-11-26/h2-3,5-10,18-19,26H,4,11-13H2,1H3/t18-,19-/m0/s1. The van der Waals surface area contributed by atoms with Gasteiger partial charge in [-0.2, -0.15) is 0 Å². The third kappa shape index (κ3) is 4.89. The summed E-state index contributed by atoms with van der Waals surface area (Å²) in [6.45, 7) is 0.623. The molecule has 2 atom stereocenters. The SMILES string of the molecule is COC(=O)[C@H]1N=C(c2ccc(OCCCO)cc2)O[C@H]1c1ccccc1CN=[N+]=[N-]. The Morgan fingerprint density at radius 2 is 2.03 bits per heavy atom. The number of hydrogen-bond acceptors (Lipinski definition) is 7. The molecule has 0 saturated carbocycles. The number of carbonyl (C=O) groups is 1. The molecule has 0 fully saturated rings. The van der Waals surface area contributed by atoms with E-state index in [1.165, 1.54) is 7.11 Å². The van der Waals surface area contributed by atoms with Crippen LogP contribution in [0.2, 0.25) is 0 Å². The maximum absolute atomic E-state index is 12.4. The molecule has 1 heterocycles. The second-order valence-corrected chi connectivity index (χ2v) is 6.48. The number of aliphatic imine (C=N–C) groups is 1. The first kappa shape index (κ1) is 21.2. The fourth-order valence-corrected chi connectivity index (χ4v) is 3.09. The van der Waals surface area contributed by atoms with Crippen LogP contribution in [0.4, 0.5) is 0 Å². The molecule has 0 spiro atoms. The van der Waals surface area contributed by atoms with E-state index in [4.69, 9.17) is 24.8 Å². The number of azide groups is 1. The van der Waals surface area contributed by atoms with Crippen molar-refractivity contribution in [3.8, 4) is 5.75 Å². The van der Waals surface area contributed by atoms with Gasteiger partial charge in [0.2, 0.25) is 5.90 Å². The summed E-state index contributed by atoms with van der Waals surface area (Å²) in [5.41, 5.74) is 10.8. The Labute approximate surface area is 173 Å². The molecular formula is C21H22N4O5. The van der Waals surface area contributed by atoms with Crippen LogP contribution in [0.5, 0.6) is 5.75 Å². The third-order valence-corrected chi connectivity index (χ3v) is 4.56. The quantitative estimate of drug-likeness (QED) is 0.223. The molecule has 2 aromatic rings. The van der Waals surface area contributed by atoms with Crippen LogP contribution in [0.1, 0.15) is 29.2 Å². The van der Waals surface area contributed by atoms with Crippen LogP contribution in [0.3, 0.4) is 0 Å². The van der Waals surface area contributed by atoms with Crippen LogP contribution in [0.15, 0.2) is 58.6 Å². The highest BCUT2D eigenvalue weighted by atomic mass is 16.5. The van der Waals surface area contributed by atoms with Crippen molar-refractivity contribution in [1.82, 2.24) is 0 Å². The number of aliphatic hydroxyl groups is 1. The number of rotatable bonds is 9. The van der Waals surface area contributed by atoms with Crippen molar-refractivity contribution in [2.24, 2.45) is 10.1 Å². The second kappa shape index (κ2) is 10.3. The number of ether oxygens (including phenoxy) is 3. The lowest BCUT2D eigenvalue weighted by molar-refractivity contribution is -0.143. The minimum atomic E-state index is -0.877. The van der Waals surface area contributed by atoms with Crippen LogP contribution in [-0.2, 0) is 20.8 Å². The van der Waals surface area contributed by atoms with Crippen molar-refractivity contribution in [2.75, 3.05) is 20.3 Å². The Morgan fingerprint density at radius 1 is 1.27 bits per heavy atom. The fraction of sp³-hybridized carbons (Fsp3) is 0.333. The molecule has 0 unspecified atom stereocenters. The van der Waals surface area contributed by atoms with Crippen molar-refractivity contribution < 1.29 is 24.1 Å². The Kier molecular flexibility index (Phi) is 7.26. The summed E-state index contributed by atoms with van der Waals surface area (Å²) in [6.07, 6.45) is -0.145. The van der Waals surface area contributed by atoms with Crippen LogP contribution < -0.4 is 4.74 Å². The van der Waals surface area contributed by atoms with E-state index in [1.807, 2.05) is 24.3 Å². The summed E-state index contributed by atoms with van der Waals surface area (Å²) in [7, 11) is 1.30. The van der Waals surface area contributed by atoms with Crippen molar-refractivity contribution >= 4 is 11.9 Å². The zero-order chi connectivity index (χ0) is 21.3. The first-order chi connectivity index (χ1) is 14.7. The van der Waals surface area contributed by atoms with E-state index in [1.54, 1.807) is 24.3 Å². The first-order valence-electron chi connectivity index (χ1n) is 9.43. The minimum absolute atomic E-state index is 0.0696. The number of hydrogen-bond donors (Lipinski definition) is 1. The summed E-state index contributed by atoms with van der Waals surface area (Å²) >= 11 is 0. The van der Waals surface area contributed by atoms with Crippen LogP contribution in [-0.4, -0.2) is 43.3 Å². The van der Waals surface area contributed by atoms with Gasteiger partial charge in [0.05, 0.1) is 20.3 Å². The summed E-state index contributed by atoms with van der Waals surface area (Å²) in [6, 6.07) is 13.5. The van der Waals surface area contributed by atoms with Gasteiger partial charge in [0.25, 0.3) is 0 Å². The predicted molar refractivity (Wildman–Crippen MR) is 109 cm³/mol. The minimum Gasteiger partial charge on any atom is -0.494 e. The lowest BCUT2D eigenvalue weighted by Gasteiger charge is -2.19. The molecule has 9 nitrogen and oxygen atoms in total. The highest BCUT2D eigenvalue weighted by Crippen LogP contribution is 2.34. The van der Waals surface area contributed by atoms with E-state index in [9.17, 15) is 4.79 Å². The molecule has 30 heavy (non-hydrogen) atoms. The molecule has 0 saturated heterocycles. The van der Waals surface area contributed by atoms with E-state index in [0.29, 0.717) is 35.8 Å². The van der Waals surface area contributed by atoms with Crippen molar-refractivity contribution in [2.45, 2.75) is 25.1 Å². The Balaban J connectivity index is 1.85. The summed E-state index contributed by atoms with van der Waals surface area (Å²) in [4.78, 5) is 19.6. The number of esters is 1. The van der Waals surface area contributed by atoms with Crippen LogP contribution >= 0.6 is 0 Å². The van der Waals surface area contributed by atoms with Gasteiger partial charge in [-0.1, -0.05) is 29.4 Å². The number of methoxy groups -OCH3 is 1. The Hall–Kier alpha value is -3.55. The molecule has 2 aromatic carbocycles. The van der Waals surface area contributed by atoms with Gasteiger partial charge < -0.3 is 19.3 Å². The zero-order valence-electron chi connectivity index (χ0n) is 16.5. The highest BCUT2D eigenvalue weighted by Gasteiger charge is 2.39. The van der Waals surface area contributed by atoms with E-state index in [0.717, 1.165) is 5.56 Å². The molecular weight excluding hydrogens is 388 g/mol. The van der Waals surface area contributed by atoms with E-state index < -0.39 is 18.1 Å². The van der Waals surface area contributed by atoms with Crippen molar-refractivity contribution in [3.05, 3.63) is 75.7 Å². The maximum Gasteiger partial charge on any atom is 0.335 e. The summed E-state index contributed by atoms with van der Waals surface area (Å²) < 4.78 is 16.5. The fourth-order valence-electron chi connectivity index (χ4n) is 3.09. The Bertz CT molecular complexity index is 954. The average Bonchev–Trinajstić information content (AvgIpc) is 3.23. The molecule has 9 heteroatoms. The smallest absolute Gasteiger partial charge is 0.335 e. The first-order valence-corrected chi connectivity index (χ1v) is 9.43. The molecule has 0 aromatic heterocycles. The molecule has 1 aliphatic heterocycles. The lowest BCUT2D eigenvalue weighted by atomic mass is 9.97. The maximum atomic E-state index is 12.4. The molecule has 0 aliphatic carbocycles. The molecule has 0 amide bonds. The molecule has 1 N–H and O–H groups in total. The van der Waals surface area contributed by atoms with E-state index >= 15 is 0 Å². The average molecular weight is 410 g/mol. The number of aliphatic hydroxyl groups excluding tert-OH is 1. The van der Waals surface area contributed by atoms with E-state index in [-0.39, 0.29) is 13.2 Å². The highest BCUT2D eigenvalue weighted by molar-refractivity contribution is 5.98. The van der Waals surface area contributed by atoms with Gasteiger partial charge in [-0.25, -0.2) is 9.79 Å². The molecule has 1 aliphatic rings. The van der Waals surface area contributed by atoms with E-state index in [2.05, 4.69) is 15.0 Å². The number of benzene rings is 2. The van der Waals surface area contributed by atoms with Crippen LogP contribution in [0, 0.1) is 0 Å². The van der Waals surface area contributed by atoms with Gasteiger partial charge in [-0.3, -0.25) is 0 Å².